The van der Waals surface area contributed by atoms with E-state index in [4.69, 9.17) is 14.2 Å². The van der Waals surface area contributed by atoms with Gasteiger partial charge in [0.15, 0.2) is 12.4 Å². The first-order chi connectivity index (χ1) is 18.4. The van der Waals surface area contributed by atoms with Crippen LogP contribution in [-0.2, 0) is 16.0 Å². The standard InChI is InChI=1S/C29H24N2O7/c1-36-19-8-6-17(7-9-19)12-26-28(33)22-11-10-20(14-25(22)38-26)37-16-27(32)31-24(29(34)35)13-18-15-30-23-5-3-2-4-21(18)23/h2-12,14-15,24,30H,13,16H2,1H3,(H,31,32)(H,34,35)/t24-/m0/s1. The summed E-state index contributed by atoms with van der Waals surface area (Å²) in [6.07, 6.45) is 3.49. The Hall–Kier alpha value is -5.05. The van der Waals surface area contributed by atoms with Gasteiger partial charge in [0.05, 0.1) is 12.7 Å². The molecule has 0 saturated heterocycles. The van der Waals surface area contributed by atoms with E-state index in [-0.39, 0.29) is 18.0 Å². The number of benzene rings is 3. The highest BCUT2D eigenvalue weighted by atomic mass is 16.5. The molecule has 3 aromatic carbocycles. The number of ketones is 1. The number of amides is 1. The molecule has 9 nitrogen and oxygen atoms in total. The number of nitrogens with one attached hydrogen (secondary N) is 2. The monoisotopic (exact) mass is 512 g/mol. The molecule has 1 aromatic heterocycles. The van der Waals surface area contributed by atoms with E-state index >= 15 is 0 Å². The van der Waals surface area contributed by atoms with Gasteiger partial charge < -0.3 is 29.6 Å². The van der Waals surface area contributed by atoms with Crippen LogP contribution < -0.4 is 19.5 Å². The summed E-state index contributed by atoms with van der Waals surface area (Å²) in [6.45, 7) is -0.404. The molecule has 0 radical (unpaired) electrons. The number of aliphatic carboxylic acids is 1. The lowest BCUT2D eigenvalue weighted by molar-refractivity contribution is -0.142. The second kappa shape index (κ2) is 10.5. The molecule has 192 valence electrons. The smallest absolute Gasteiger partial charge is 0.326 e. The Balaban J connectivity index is 1.20. The summed E-state index contributed by atoms with van der Waals surface area (Å²) < 4.78 is 16.4. The Morgan fingerprint density at radius 2 is 1.84 bits per heavy atom. The van der Waals surface area contributed by atoms with Crippen LogP contribution in [0.5, 0.6) is 17.2 Å². The molecule has 38 heavy (non-hydrogen) atoms. The second-order valence-corrected chi connectivity index (χ2v) is 8.68. The van der Waals surface area contributed by atoms with Crippen LogP contribution in [0.1, 0.15) is 21.5 Å². The van der Waals surface area contributed by atoms with Crippen LogP contribution in [-0.4, -0.2) is 47.5 Å². The number of carboxylic acid groups (broad SMARTS) is 1. The van der Waals surface area contributed by atoms with Crippen molar-refractivity contribution >= 4 is 34.6 Å². The minimum absolute atomic E-state index is 0.114. The summed E-state index contributed by atoms with van der Waals surface area (Å²) in [5, 5.41) is 13.1. The quantitative estimate of drug-likeness (QED) is 0.290. The number of carboxylic acids is 1. The summed E-state index contributed by atoms with van der Waals surface area (Å²) in [4.78, 5) is 40.1. The van der Waals surface area contributed by atoms with Crippen LogP contribution in [0, 0.1) is 0 Å². The Bertz CT molecular complexity index is 1550. The van der Waals surface area contributed by atoms with E-state index in [9.17, 15) is 19.5 Å². The first-order valence-electron chi connectivity index (χ1n) is 11.8. The van der Waals surface area contributed by atoms with E-state index in [1.807, 2.05) is 36.4 Å². The Kier molecular flexibility index (Phi) is 6.82. The number of fused-ring (bicyclic) bond motifs is 2. The van der Waals surface area contributed by atoms with Crippen LogP contribution in [0.15, 0.2) is 78.7 Å². The zero-order chi connectivity index (χ0) is 26.6. The number of aromatic amines is 1. The topological polar surface area (TPSA) is 127 Å². The number of rotatable bonds is 9. The molecule has 5 rings (SSSR count). The maximum atomic E-state index is 12.7. The maximum absolute atomic E-state index is 12.7. The van der Waals surface area contributed by atoms with Gasteiger partial charge in [0.1, 0.15) is 23.3 Å². The van der Waals surface area contributed by atoms with E-state index in [2.05, 4.69) is 10.3 Å². The molecule has 9 heteroatoms. The first kappa shape index (κ1) is 24.6. The largest absolute Gasteiger partial charge is 0.497 e. The summed E-state index contributed by atoms with van der Waals surface area (Å²) in [6, 6.07) is 18.2. The van der Waals surface area contributed by atoms with Crippen LogP contribution >= 0.6 is 0 Å². The predicted molar refractivity (Wildman–Crippen MR) is 139 cm³/mol. The fraction of sp³-hybridized carbons (Fsp3) is 0.138. The van der Waals surface area contributed by atoms with Gasteiger partial charge in [-0.25, -0.2) is 4.79 Å². The normalized spacial score (nSPS) is 14.1. The van der Waals surface area contributed by atoms with Gasteiger partial charge in [-0.3, -0.25) is 9.59 Å². The molecular formula is C29H24N2O7. The van der Waals surface area contributed by atoms with Gasteiger partial charge >= 0.3 is 5.97 Å². The van der Waals surface area contributed by atoms with Crippen LogP contribution in [0.3, 0.4) is 0 Å². The molecule has 0 fully saturated rings. The molecule has 1 atom stereocenters. The van der Waals surface area contributed by atoms with Crippen molar-refractivity contribution in [2.75, 3.05) is 13.7 Å². The molecule has 1 aliphatic heterocycles. The molecule has 1 aliphatic rings. The van der Waals surface area contributed by atoms with Crippen molar-refractivity contribution in [3.8, 4) is 17.2 Å². The molecule has 2 heterocycles. The Labute approximate surface area is 217 Å². The fourth-order valence-corrected chi connectivity index (χ4v) is 4.21. The molecule has 0 aliphatic carbocycles. The van der Waals surface area contributed by atoms with Gasteiger partial charge in [0, 0.05) is 29.6 Å². The van der Waals surface area contributed by atoms with Gasteiger partial charge in [-0.1, -0.05) is 30.3 Å². The summed E-state index contributed by atoms with van der Waals surface area (Å²) >= 11 is 0. The highest BCUT2D eigenvalue weighted by molar-refractivity contribution is 6.14. The molecule has 0 unspecified atom stereocenters. The van der Waals surface area contributed by atoms with Crippen molar-refractivity contribution in [3.05, 3.63) is 95.4 Å². The van der Waals surface area contributed by atoms with Crippen molar-refractivity contribution in [1.29, 1.82) is 0 Å². The van der Waals surface area contributed by atoms with E-state index in [1.54, 1.807) is 43.6 Å². The number of methoxy groups -OCH3 is 1. The van der Waals surface area contributed by atoms with E-state index < -0.39 is 24.5 Å². The van der Waals surface area contributed by atoms with Crippen LogP contribution in [0.2, 0.25) is 0 Å². The minimum atomic E-state index is -1.15. The number of carbonyl (C=O) groups excluding carboxylic acids is 2. The van der Waals surface area contributed by atoms with Gasteiger partial charge in [0.25, 0.3) is 5.91 Å². The lowest BCUT2D eigenvalue weighted by Gasteiger charge is -2.15. The van der Waals surface area contributed by atoms with Crippen molar-refractivity contribution in [1.82, 2.24) is 10.3 Å². The number of hydrogen-bond acceptors (Lipinski definition) is 6. The van der Waals surface area contributed by atoms with E-state index in [0.717, 1.165) is 22.0 Å². The molecule has 0 bridgehead atoms. The van der Waals surface area contributed by atoms with Crippen LogP contribution in [0.25, 0.3) is 17.0 Å². The molecular weight excluding hydrogens is 488 g/mol. The molecule has 1 amide bonds. The third kappa shape index (κ3) is 5.22. The van der Waals surface area contributed by atoms with Gasteiger partial charge in [-0.05, 0) is 47.5 Å². The molecule has 0 spiro atoms. The average molecular weight is 513 g/mol. The number of allylic oxidation sites excluding steroid dienone is 1. The average Bonchev–Trinajstić information content (AvgIpc) is 3.47. The molecule has 0 saturated carbocycles. The molecule has 4 aromatic rings. The fourth-order valence-electron chi connectivity index (χ4n) is 4.21. The van der Waals surface area contributed by atoms with E-state index in [1.165, 1.54) is 6.07 Å². The Morgan fingerprint density at radius 1 is 1.08 bits per heavy atom. The number of hydrogen-bond donors (Lipinski definition) is 3. The summed E-state index contributed by atoms with van der Waals surface area (Å²) in [5.74, 6) is -0.508. The molecule has 3 N–H and O–H groups in total. The number of ether oxygens (including phenoxy) is 3. The zero-order valence-electron chi connectivity index (χ0n) is 20.4. The predicted octanol–water partition coefficient (Wildman–Crippen LogP) is 3.98. The third-order valence-corrected chi connectivity index (χ3v) is 6.16. The van der Waals surface area contributed by atoms with Crippen LogP contribution in [0.4, 0.5) is 0 Å². The summed E-state index contributed by atoms with van der Waals surface area (Å²) in [5.41, 5.74) is 2.83. The lowest BCUT2D eigenvalue weighted by Crippen LogP contribution is -2.44. The van der Waals surface area contributed by atoms with Crippen molar-refractivity contribution < 1.29 is 33.7 Å². The SMILES string of the molecule is COc1ccc(C=C2Oc3cc(OCC(=O)N[C@@H](Cc4c[nH]c5ccccc45)C(=O)O)ccc3C2=O)cc1. The first-order valence-corrected chi connectivity index (χ1v) is 11.8. The second-order valence-electron chi connectivity index (χ2n) is 8.68. The van der Waals surface area contributed by atoms with E-state index in [0.29, 0.717) is 22.8 Å². The summed E-state index contributed by atoms with van der Waals surface area (Å²) in [7, 11) is 1.58. The number of para-hydroxylation sites is 1. The van der Waals surface area contributed by atoms with Crippen molar-refractivity contribution in [3.63, 3.8) is 0 Å². The number of carbonyl (C=O) groups is 3. The number of Topliss-reactive ketones (excluding diaryl/α,β-unsaturated/α-hetero) is 1. The Morgan fingerprint density at radius 3 is 2.61 bits per heavy atom. The number of H-pyrrole nitrogens is 1. The highest BCUT2D eigenvalue weighted by Crippen LogP contribution is 2.35. The highest BCUT2D eigenvalue weighted by Gasteiger charge is 2.28. The van der Waals surface area contributed by atoms with Crippen molar-refractivity contribution in [2.24, 2.45) is 0 Å². The maximum Gasteiger partial charge on any atom is 0.326 e. The van der Waals surface area contributed by atoms with Gasteiger partial charge in [-0.15, -0.1) is 0 Å². The lowest BCUT2D eigenvalue weighted by atomic mass is 10.1. The number of aromatic nitrogens is 1. The third-order valence-electron chi connectivity index (χ3n) is 6.16. The van der Waals surface area contributed by atoms with Gasteiger partial charge in [0.2, 0.25) is 5.78 Å². The minimum Gasteiger partial charge on any atom is -0.497 e. The van der Waals surface area contributed by atoms with Gasteiger partial charge in [-0.2, -0.15) is 0 Å². The zero-order valence-corrected chi connectivity index (χ0v) is 20.4. The van der Waals surface area contributed by atoms with Crippen molar-refractivity contribution in [2.45, 2.75) is 12.5 Å².